The van der Waals surface area contributed by atoms with Gasteiger partial charge in [-0.1, -0.05) is 29.3 Å². The van der Waals surface area contributed by atoms with Crippen molar-refractivity contribution < 1.29 is 4.74 Å². The van der Waals surface area contributed by atoms with E-state index < -0.39 is 0 Å². The average Bonchev–Trinajstić information content (AvgIpc) is 2.46. The van der Waals surface area contributed by atoms with Crippen molar-refractivity contribution in [2.75, 3.05) is 7.05 Å². The summed E-state index contributed by atoms with van der Waals surface area (Å²) < 4.78 is 5.95. The van der Waals surface area contributed by atoms with E-state index in [0.29, 0.717) is 10.0 Å². The van der Waals surface area contributed by atoms with Crippen molar-refractivity contribution in [2.45, 2.75) is 25.5 Å². The van der Waals surface area contributed by atoms with Crippen LogP contribution in [0.25, 0.3) is 0 Å². The molecule has 1 aromatic heterocycles. The van der Waals surface area contributed by atoms with Crippen molar-refractivity contribution in [3.63, 3.8) is 0 Å². The fourth-order valence-electron chi connectivity index (χ4n) is 2.15. The summed E-state index contributed by atoms with van der Waals surface area (Å²) in [7, 11) is 1.91. The van der Waals surface area contributed by atoms with Crippen molar-refractivity contribution in [1.29, 1.82) is 0 Å². The fraction of sp³-hybridized carbons (Fsp3) is 0.312. The zero-order valence-corrected chi connectivity index (χ0v) is 13.5. The van der Waals surface area contributed by atoms with Crippen LogP contribution in [0.4, 0.5) is 0 Å². The first-order chi connectivity index (χ1) is 10.1. The number of halogens is 2. The standard InChI is InChI=1S/C16H18Cl2N2O/c1-11(21-14-5-3-4-13(17)9-14)16(19-2)8-12-6-7-20-10-15(12)18/h3-7,9-11,16,19H,8H2,1-2H3. The van der Waals surface area contributed by atoms with Crippen LogP contribution in [-0.2, 0) is 6.42 Å². The summed E-state index contributed by atoms with van der Waals surface area (Å²) in [6, 6.07) is 9.46. The molecule has 0 aliphatic rings. The largest absolute Gasteiger partial charge is 0.489 e. The maximum Gasteiger partial charge on any atom is 0.121 e. The van der Waals surface area contributed by atoms with Crippen molar-refractivity contribution in [3.8, 4) is 5.75 Å². The molecule has 1 heterocycles. The Kier molecular flexibility index (Phi) is 5.85. The van der Waals surface area contributed by atoms with Gasteiger partial charge >= 0.3 is 0 Å². The van der Waals surface area contributed by atoms with Crippen LogP contribution in [0.3, 0.4) is 0 Å². The number of hydrogen-bond acceptors (Lipinski definition) is 3. The summed E-state index contributed by atoms with van der Waals surface area (Å²) in [5.41, 5.74) is 1.05. The van der Waals surface area contributed by atoms with E-state index in [2.05, 4.69) is 10.3 Å². The van der Waals surface area contributed by atoms with Gasteiger partial charge in [-0.3, -0.25) is 4.98 Å². The number of nitrogens with one attached hydrogen (secondary N) is 1. The molecule has 0 radical (unpaired) electrons. The number of hydrogen-bond donors (Lipinski definition) is 1. The molecule has 2 rings (SSSR count). The summed E-state index contributed by atoms with van der Waals surface area (Å²) in [5, 5.41) is 4.61. The normalized spacial score (nSPS) is 13.7. The van der Waals surface area contributed by atoms with E-state index in [9.17, 15) is 0 Å². The highest BCUT2D eigenvalue weighted by Gasteiger charge is 2.19. The lowest BCUT2D eigenvalue weighted by molar-refractivity contribution is 0.174. The van der Waals surface area contributed by atoms with Crippen LogP contribution in [0.1, 0.15) is 12.5 Å². The van der Waals surface area contributed by atoms with Gasteiger partial charge in [-0.2, -0.15) is 0 Å². The summed E-state index contributed by atoms with van der Waals surface area (Å²) in [4.78, 5) is 4.00. The second-order valence-corrected chi connectivity index (χ2v) is 5.69. The van der Waals surface area contributed by atoms with Gasteiger partial charge in [-0.25, -0.2) is 0 Å². The molecule has 3 nitrogen and oxygen atoms in total. The molecule has 0 amide bonds. The molecule has 1 aromatic carbocycles. The van der Waals surface area contributed by atoms with E-state index in [1.807, 2.05) is 44.3 Å². The first kappa shape index (κ1) is 16.1. The molecule has 0 fully saturated rings. The Hall–Kier alpha value is -1.29. The minimum atomic E-state index is -0.0299. The second kappa shape index (κ2) is 7.64. The first-order valence-electron chi connectivity index (χ1n) is 6.78. The number of pyridine rings is 1. The van der Waals surface area contributed by atoms with Gasteiger partial charge in [0.05, 0.1) is 5.02 Å². The highest BCUT2D eigenvalue weighted by Crippen LogP contribution is 2.21. The third kappa shape index (κ3) is 4.60. The zero-order valence-electron chi connectivity index (χ0n) is 12.0. The van der Waals surface area contributed by atoms with Gasteiger partial charge in [0.25, 0.3) is 0 Å². The SMILES string of the molecule is CNC(Cc1ccncc1Cl)C(C)Oc1cccc(Cl)c1. The molecule has 0 saturated carbocycles. The van der Waals surface area contributed by atoms with E-state index in [1.54, 1.807) is 12.4 Å². The molecule has 0 aliphatic heterocycles. The molecular weight excluding hydrogens is 307 g/mol. The van der Waals surface area contributed by atoms with Gasteiger partial charge in [-0.05, 0) is 50.2 Å². The highest BCUT2D eigenvalue weighted by molar-refractivity contribution is 6.31. The predicted octanol–water partition coefficient (Wildman–Crippen LogP) is 3.99. The predicted molar refractivity (Wildman–Crippen MR) is 87.3 cm³/mol. The lowest BCUT2D eigenvalue weighted by Crippen LogP contribution is -2.41. The summed E-state index contributed by atoms with van der Waals surface area (Å²) in [6.45, 7) is 2.02. The molecular formula is C16H18Cl2N2O. The van der Waals surface area contributed by atoms with E-state index >= 15 is 0 Å². The maximum atomic E-state index is 6.16. The van der Waals surface area contributed by atoms with Gasteiger partial charge in [-0.15, -0.1) is 0 Å². The number of ether oxygens (including phenoxy) is 1. The quantitative estimate of drug-likeness (QED) is 0.872. The Balaban J connectivity index is 2.05. The van der Waals surface area contributed by atoms with Gasteiger partial charge in [0, 0.05) is 23.5 Å². The molecule has 112 valence electrons. The summed E-state index contributed by atoms with van der Waals surface area (Å²) in [5.74, 6) is 0.760. The zero-order chi connectivity index (χ0) is 15.2. The Morgan fingerprint density at radius 2 is 2.10 bits per heavy atom. The minimum absolute atomic E-state index is 0.0299. The average molecular weight is 325 g/mol. The molecule has 0 bridgehead atoms. The van der Waals surface area contributed by atoms with E-state index in [4.69, 9.17) is 27.9 Å². The summed E-state index contributed by atoms with van der Waals surface area (Å²) in [6.07, 6.45) is 4.14. The van der Waals surface area contributed by atoms with Crippen LogP contribution in [0.5, 0.6) is 5.75 Å². The van der Waals surface area contributed by atoms with Crippen LogP contribution in [0, 0.1) is 0 Å². The Morgan fingerprint density at radius 1 is 1.29 bits per heavy atom. The molecule has 21 heavy (non-hydrogen) atoms. The van der Waals surface area contributed by atoms with E-state index in [1.165, 1.54) is 0 Å². The third-order valence-corrected chi connectivity index (χ3v) is 3.93. The van der Waals surface area contributed by atoms with E-state index in [-0.39, 0.29) is 12.1 Å². The summed E-state index contributed by atoms with van der Waals surface area (Å²) >= 11 is 12.1. The smallest absolute Gasteiger partial charge is 0.121 e. The third-order valence-electron chi connectivity index (χ3n) is 3.35. The van der Waals surface area contributed by atoms with Crippen molar-refractivity contribution >= 4 is 23.2 Å². The van der Waals surface area contributed by atoms with Gasteiger partial charge in [0.1, 0.15) is 11.9 Å². The number of nitrogens with zero attached hydrogens (tertiary/aromatic N) is 1. The van der Waals surface area contributed by atoms with Gasteiger partial charge in [0.2, 0.25) is 0 Å². The topological polar surface area (TPSA) is 34.2 Å². The fourth-order valence-corrected chi connectivity index (χ4v) is 2.52. The number of rotatable bonds is 6. The van der Waals surface area contributed by atoms with Crippen molar-refractivity contribution in [2.24, 2.45) is 0 Å². The highest BCUT2D eigenvalue weighted by atomic mass is 35.5. The molecule has 1 N–H and O–H groups in total. The monoisotopic (exact) mass is 324 g/mol. The molecule has 0 aliphatic carbocycles. The lowest BCUT2D eigenvalue weighted by atomic mass is 10.0. The van der Waals surface area contributed by atoms with Crippen LogP contribution < -0.4 is 10.1 Å². The molecule has 0 spiro atoms. The lowest BCUT2D eigenvalue weighted by Gasteiger charge is -2.25. The first-order valence-corrected chi connectivity index (χ1v) is 7.53. The Morgan fingerprint density at radius 3 is 2.76 bits per heavy atom. The maximum absolute atomic E-state index is 6.16. The molecule has 0 saturated heterocycles. The van der Waals surface area contributed by atoms with Crippen LogP contribution >= 0.6 is 23.2 Å². The van der Waals surface area contributed by atoms with Crippen LogP contribution in [-0.4, -0.2) is 24.2 Å². The number of benzene rings is 1. The molecule has 2 unspecified atom stereocenters. The minimum Gasteiger partial charge on any atom is -0.489 e. The Bertz CT molecular complexity index is 592. The molecule has 2 atom stereocenters. The number of aromatic nitrogens is 1. The van der Waals surface area contributed by atoms with Gasteiger partial charge < -0.3 is 10.1 Å². The van der Waals surface area contributed by atoms with E-state index in [0.717, 1.165) is 17.7 Å². The van der Waals surface area contributed by atoms with Gasteiger partial charge in [0.15, 0.2) is 0 Å². The van der Waals surface area contributed by atoms with Crippen molar-refractivity contribution in [1.82, 2.24) is 10.3 Å². The molecule has 5 heteroatoms. The molecule has 2 aromatic rings. The van der Waals surface area contributed by atoms with Crippen LogP contribution in [0.2, 0.25) is 10.0 Å². The Labute approximate surface area is 135 Å². The van der Waals surface area contributed by atoms with Crippen molar-refractivity contribution in [3.05, 3.63) is 58.3 Å². The van der Waals surface area contributed by atoms with Crippen LogP contribution in [0.15, 0.2) is 42.7 Å². The number of likely N-dealkylation sites (N-methyl/N-ethyl adjacent to an activating group) is 1. The second-order valence-electron chi connectivity index (χ2n) is 4.85.